The van der Waals surface area contributed by atoms with Gasteiger partial charge in [-0.15, -0.1) is 0 Å². The number of hydrogen-bond acceptors (Lipinski definition) is 10. The number of ether oxygens (including phenoxy) is 4. The first-order valence-corrected chi connectivity index (χ1v) is 11.4. The summed E-state index contributed by atoms with van der Waals surface area (Å²) in [6, 6.07) is 6.03. The Kier molecular flexibility index (Phi) is 7.25. The van der Waals surface area contributed by atoms with Gasteiger partial charge >= 0.3 is 0 Å². The Morgan fingerprint density at radius 3 is 1.78 bits per heavy atom. The molecule has 0 aromatic carbocycles. The molecule has 12 nitrogen and oxygen atoms in total. The second-order valence-corrected chi connectivity index (χ2v) is 8.10. The van der Waals surface area contributed by atoms with E-state index in [2.05, 4.69) is 19.9 Å². The second-order valence-electron chi connectivity index (χ2n) is 7.71. The lowest BCUT2D eigenvalue weighted by Gasteiger charge is -2.12. The third kappa shape index (κ3) is 5.39. The van der Waals surface area contributed by atoms with Gasteiger partial charge in [-0.3, -0.25) is 18.7 Å². The second kappa shape index (κ2) is 10.7. The van der Waals surface area contributed by atoms with Gasteiger partial charge in [0.15, 0.2) is 23.9 Å². The molecule has 0 bridgehead atoms. The van der Waals surface area contributed by atoms with Gasteiger partial charge in [0.2, 0.25) is 5.95 Å². The van der Waals surface area contributed by atoms with Crippen molar-refractivity contribution >= 4 is 33.9 Å². The smallest absolute Gasteiger partial charge is 0.270 e. The van der Waals surface area contributed by atoms with Gasteiger partial charge in [-0.25, -0.2) is 15.0 Å². The molecule has 2 aliphatic rings. The first-order chi connectivity index (χ1) is 17.5. The fourth-order valence-electron chi connectivity index (χ4n) is 3.71. The standard InChI is InChI=1S/C11H10ClN3O3.C11H10FN3O3/c2*12-8-2-1-7-11(14-8)15(9(16)5-13-7)6-10-17-3-4-18-10/h2*1-2,5,10H,3-4,6H2. The van der Waals surface area contributed by atoms with Gasteiger partial charge in [0.1, 0.15) is 16.2 Å². The number of aromatic nitrogens is 6. The summed E-state index contributed by atoms with van der Waals surface area (Å²) < 4.78 is 37.1. The quantitative estimate of drug-likeness (QED) is 0.362. The molecule has 2 saturated heterocycles. The van der Waals surface area contributed by atoms with Crippen LogP contribution in [0.1, 0.15) is 0 Å². The van der Waals surface area contributed by atoms with Crippen LogP contribution in [0, 0.1) is 5.95 Å². The highest BCUT2D eigenvalue weighted by Gasteiger charge is 2.20. The molecule has 14 heteroatoms. The topological polar surface area (TPSA) is 132 Å². The van der Waals surface area contributed by atoms with Crippen LogP contribution in [0.2, 0.25) is 5.15 Å². The minimum Gasteiger partial charge on any atom is -0.348 e. The molecule has 188 valence electrons. The Hall–Kier alpha value is -3.36. The van der Waals surface area contributed by atoms with Crippen LogP contribution in [0.25, 0.3) is 22.3 Å². The Balaban J connectivity index is 0.000000148. The van der Waals surface area contributed by atoms with E-state index in [-0.39, 0.29) is 29.9 Å². The molecule has 0 aliphatic carbocycles. The average molecular weight is 519 g/mol. The Bertz CT molecular complexity index is 1390. The van der Waals surface area contributed by atoms with E-state index in [0.717, 1.165) is 0 Å². The predicted octanol–water partition coefficient (Wildman–Crippen LogP) is 1.12. The van der Waals surface area contributed by atoms with Crippen molar-refractivity contribution in [2.75, 3.05) is 26.4 Å². The summed E-state index contributed by atoms with van der Waals surface area (Å²) in [6.07, 6.45) is 1.51. The first-order valence-electron chi connectivity index (χ1n) is 11.0. The molecule has 6 heterocycles. The number of fused-ring (bicyclic) bond motifs is 2. The van der Waals surface area contributed by atoms with Gasteiger partial charge in [-0.2, -0.15) is 9.37 Å². The molecular formula is C22H20ClFN6O6. The number of halogens is 2. The van der Waals surface area contributed by atoms with E-state index in [9.17, 15) is 14.0 Å². The van der Waals surface area contributed by atoms with Crippen molar-refractivity contribution in [2.45, 2.75) is 25.7 Å². The van der Waals surface area contributed by atoms with Crippen molar-refractivity contribution < 1.29 is 23.3 Å². The number of hydrogen-bond donors (Lipinski definition) is 0. The highest BCUT2D eigenvalue weighted by molar-refractivity contribution is 6.29. The summed E-state index contributed by atoms with van der Waals surface area (Å²) in [5.74, 6) is -0.656. The van der Waals surface area contributed by atoms with Crippen molar-refractivity contribution in [1.82, 2.24) is 29.1 Å². The van der Waals surface area contributed by atoms with Crippen LogP contribution in [0.4, 0.5) is 4.39 Å². The molecule has 0 saturated carbocycles. The molecule has 36 heavy (non-hydrogen) atoms. The molecule has 4 aromatic rings. The molecule has 2 fully saturated rings. The summed E-state index contributed by atoms with van der Waals surface area (Å²) >= 11 is 5.84. The van der Waals surface area contributed by atoms with Gasteiger partial charge < -0.3 is 18.9 Å². The Morgan fingerprint density at radius 2 is 1.25 bits per heavy atom. The van der Waals surface area contributed by atoms with Crippen LogP contribution in [0.15, 0.2) is 46.2 Å². The van der Waals surface area contributed by atoms with E-state index in [1.165, 1.54) is 33.7 Å². The fourth-order valence-corrected chi connectivity index (χ4v) is 3.85. The largest absolute Gasteiger partial charge is 0.348 e. The maximum absolute atomic E-state index is 13.1. The zero-order chi connectivity index (χ0) is 25.1. The Morgan fingerprint density at radius 1 is 0.778 bits per heavy atom. The molecule has 0 atom stereocenters. The number of nitrogens with zero attached hydrogens (tertiary/aromatic N) is 6. The molecule has 0 radical (unpaired) electrons. The molecule has 0 N–H and O–H groups in total. The maximum Gasteiger partial charge on any atom is 0.270 e. The lowest BCUT2D eigenvalue weighted by atomic mass is 10.4. The highest BCUT2D eigenvalue weighted by atomic mass is 35.5. The summed E-state index contributed by atoms with van der Waals surface area (Å²) in [6.45, 7) is 2.52. The first kappa shape index (κ1) is 24.3. The molecule has 2 aliphatic heterocycles. The van der Waals surface area contributed by atoms with E-state index in [1.54, 1.807) is 12.1 Å². The van der Waals surface area contributed by atoms with Crippen molar-refractivity contribution in [3.05, 3.63) is 68.5 Å². The SMILES string of the molecule is O=c1cnc2ccc(Cl)nc2n1CC1OCCO1.O=c1cnc2ccc(F)nc2n1CC1OCCO1. The molecular weight excluding hydrogens is 499 g/mol. The van der Waals surface area contributed by atoms with Gasteiger partial charge in [-0.1, -0.05) is 11.6 Å². The summed E-state index contributed by atoms with van der Waals surface area (Å²) in [7, 11) is 0. The number of rotatable bonds is 4. The van der Waals surface area contributed by atoms with E-state index < -0.39 is 18.5 Å². The van der Waals surface area contributed by atoms with Gasteiger partial charge in [-0.05, 0) is 24.3 Å². The molecule has 0 spiro atoms. The van der Waals surface area contributed by atoms with Crippen LogP contribution in [-0.2, 0) is 32.0 Å². The van der Waals surface area contributed by atoms with Gasteiger partial charge in [0.05, 0.1) is 51.9 Å². The summed E-state index contributed by atoms with van der Waals surface area (Å²) in [5, 5.41) is 0.317. The fraction of sp³-hybridized carbons (Fsp3) is 0.364. The highest BCUT2D eigenvalue weighted by Crippen LogP contribution is 2.14. The zero-order valence-corrected chi connectivity index (χ0v) is 19.5. The van der Waals surface area contributed by atoms with Crippen LogP contribution in [0.5, 0.6) is 0 Å². The predicted molar refractivity (Wildman–Crippen MR) is 124 cm³/mol. The molecule has 4 aromatic heterocycles. The normalized spacial score (nSPS) is 16.5. The lowest BCUT2D eigenvalue weighted by molar-refractivity contribution is -0.0526. The summed E-state index contributed by atoms with van der Waals surface area (Å²) in [5.41, 5.74) is 1.08. The van der Waals surface area contributed by atoms with E-state index in [4.69, 9.17) is 30.5 Å². The van der Waals surface area contributed by atoms with E-state index in [0.29, 0.717) is 48.3 Å². The minimum absolute atomic E-state index is 0.175. The van der Waals surface area contributed by atoms with Crippen LogP contribution < -0.4 is 11.1 Å². The monoisotopic (exact) mass is 518 g/mol. The van der Waals surface area contributed by atoms with Crippen molar-refractivity contribution in [3.63, 3.8) is 0 Å². The molecule has 6 rings (SSSR count). The average Bonchev–Trinajstić information content (AvgIpc) is 3.58. The van der Waals surface area contributed by atoms with Crippen molar-refractivity contribution in [1.29, 1.82) is 0 Å². The lowest BCUT2D eigenvalue weighted by Crippen LogP contribution is -2.28. The summed E-state index contributed by atoms with van der Waals surface area (Å²) in [4.78, 5) is 39.4. The van der Waals surface area contributed by atoms with E-state index >= 15 is 0 Å². The molecule has 0 amide bonds. The minimum atomic E-state index is -0.656. The number of pyridine rings is 2. The van der Waals surface area contributed by atoms with Crippen LogP contribution in [-0.4, -0.2) is 68.1 Å². The zero-order valence-electron chi connectivity index (χ0n) is 18.8. The van der Waals surface area contributed by atoms with E-state index in [1.807, 2.05) is 0 Å². The molecule has 0 unspecified atom stereocenters. The van der Waals surface area contributed by atoms with Crippen LogP contribution in [0.3, 0.4) is 0 Å². The third-order valence-corrected chi connectivity index (χ3v) is 5.57. The third-order valence-electron chi connectivity index (χ3n) is 5.36. The Labute approximate surface area is 207 Å². The maximum atomic E-state index is 13.1. The van der Waals surface area contributed by atoms with Gasteiger partial charge in [0.25, 0.3) is 11.1 Å². The van der Waals surface area contributed by atoms with Gasteiger partial charge in [0, 0.05) is 0 Å². The van der Waals surface area contributed by atoms with Crippen molar-refractivity contribution in [2.24, 2.45) is 0 Å². The van der Waals surface area contributed by atoms with Crippen LogP contribution >= 0.6 is 11.6 Å². The van der Waals surface area contributed by atoms with Crippen molar-refractivity contribution in [3.8, 4) is 0 Å².